The van der Waals surface area contributed by atoms with Crippen molar-refractivity contribution in [1.29, 1.82) is 0 Å². The summed E-state index contributed by atoms with van der Waals surface area (Å²) in [6.45, 7) is 0.406. The predicted molar refractivity (Wildman–Crippen MR) is 110 cm³/mol. The Hall–Kier alpha value is -1.23. The number of aliphatic hydroxyl groups excluding tert-OH is 1. The smallest absolute Gasteiger partial charge is 0.395 e. The first kappa shape index (κ1) is 34.8. The fourth-order valence-electron chi connectivity index (χ4n) is 3.17. The van der Waals surface area contributed by atoms with Gasteiger partial charge in [-0.05, 0) is 25.2 Å². The highest BCUT2D eigenvalue weighted by Crippen LogP contribution is 2.52. The number of sulfonamides is 3. The molecule has 0 spiro atoms. The maximum Gasteiger partial charge on any atom is 0.512 e. The molecular weight excluding hydrogens is 615 g/mol. The molecule has 22 heteroatoms. The lowest BCUT2D eigenvalue weighted by molar-refractivity contribution is -0.245. The van der Waals surface area contributed by atoms with Gasteiger partial charge in [0.1, 0.15) is 5.78 Å². The van der Waals surface area contributed by atoms with E-state index >= 15 is 0 Å². The second-order valence-corrected chi connectivity index (χ2v) is 14.3. The molecule has 1 rings (SSSR count). The van der Waals surface area contributed by atoms with Gasteiger partial charge in [0.15, 0.2) is 0 Å². The fraction of sp³-hybridized carbons (Fsp3) is 0.938. The molecule has 0 amide bonds. The summed E-state index contributed by atoms with van der Waals surface area (Å²) in [6, 6.07) is 0. The van der Waals surface area contributed by atoms with Gasteiger partial charge in [-0.15, -0.1) is 0 Å². The zero-order valence-electron chi connectivity index (χ0n) is 19.4. The average molecular weight is 639 g/mol. The molecule has 0 aromatic rings. The number of hydrogen-bond donors (Lipinski definition) is 2. The highest BCUT2D eigenvalue weighted by atomic mass is 32.3. The van der Waals surface area contributed by atoms with E-state index in [2.05, 4.69) is 0 Å². The number of Topliss-reactive ketones (excluding diaryl/α,β-unsaturated/α-hetero) is 1. The molecule has 226 valence electrons. The van der Waals surface area contributed by atoms with Crippen molar-refractivity contribution in [3.8, 4) is 0 Å². The van der Waals surface area contributed by atoms with Gasteiger partial charge < -0.3 is 5.11 Å². The normalized spacial score (nSPS) is 19.8. The Morgan fingerprint density at radius 2 is 1.32 bits per heavy atom. The molecule has 1 aliphatic rings. The van der Waals surface area contributed by atoms with Crippen LogP contribution in [-0.4, -0.2) is 82.1 Å². The molecule has 0 aromatic heterocycles. The monoisotopic (exact) mass is 638 g/mol. The number of piperidine rings is 1. The standard InChI is InChI=1S/C16H23F9N2O8S3/c1-3-12(2,9-28)11(29)8-10-4-6-27(7-5-10)38(34,35)15(21,22)13(17,18)14(19,20)36(30,31)26-37(32,33)16(23,24)25/h10,26,28H,3-9H2,1-2H3. The van der Waals surface area contributed by atoms with Crippen molar-refractivity contribution < 1.29 is 74.7 Å². The van der Waals surface area contributed by atoms with E-state index in [0.717, 1.165) is 0 Å². The first-order valence-corrected chi connectivity index (χ1v) is 14.7. The summed E-state index contributed by atoms with van der Waals surface area (Å²) in [6.07, 6.45) is -0.913. The molecule has 1 aliphatic heterocycles. The SMILES string of the molecule is CCC(C)(CO)C(=O)CC1CCN(S(=O)(=O)C(F)(F)C(F)(F)C(F)(F)S(=O)(=O)NS(=O)(=O)C(F)(F)F)CC1. The summed E-state index contributed by atoms with van der Waals surface area (Å²) in [7, 11) is -22.0. The molecule has 0 bridgehead atoms. The molecular formula is C16H23F9N2O8S3. The van der Waals surface area contributed by atoms with Crippen molar-refractivity contribution in [2.75, 3.05) is 19.7 Å². The molecule has 0 aromatic carbocycles. The highest BCUT2D eigenvalue weighted by Gasteiger charge is 2.83. The van der Waals surface area contributed by atoms with Crippen LogP contribution >= 0.6 is 0 Å². The van der Waals surface area contributed by atoms with Crippen LogP contribution in [-0.2, 0) is 34.9 Å². The van der Waals surface area contributed by atoms with Crippen molar-refractivity contribution in [3.63, 3.8) is 0 Å². The number of hydrogen-bond acceptors (Lipinski definition) is 8. The Morgan fingerprint density at radius 1 is 0.868 bits per heavy atom. The van der Waals surface area contributed by atoms with Crippen LogP contribution in [0.25, 0.3) is 0 Å². The fourth-order valence-corrected chi connectivity index (χ4v) is 7.12. The third-order valence-corrected chi connectivity index (χ3v) is 11.4. The largest absolute Gasteiger partial charge is 0.512 e. The lowest BCUT2D eigenvalue weighted by atomic mass is 9.78. The molecule has 0 aliphatic carbocycles. The molecule has 0 radical (unpaired) electrons. The van der Waals surface area contributed by atoms with Gasteiger partial charge in [0, 0.05) is 24.9 Å². The van der Waals surface area contributed by atoms with Gasteiger partial charge in [-0.2, -0.15) is 43.8 Å². The van der Waals surface area contributed by atoms with Crippen LogP contribution in [0.1, 0.15) is 39.5 Å². The van der Waals surface area contributed by atoms with Crippen LogP contribution in [0.4, 0.5) is 39.5 Å². The second-order valence-electron chi connectivity index (χ2n) is 8.69. The molecule has 1 atom stereocenters. The van der Waals surface area contributed by atoms with Gasteiger partial charge in [-0.25, -0.2) is 25.3 Å². The first-order valence-electron chi connectivity index (χ1n) is 10.3. The summed E-state index contributed by atoms with van der Waals surface area (Å²) in [5.74, 6) is -8.66. The summed E-state index contributed by atoms with van der Waals surface area (Å²) in [5, 5.41) is -5.00. The third kappa shape index (κ3) is 5.93. The van der Waals surface area contributed by atoms with E-state index in [1.165, 1.54) is 6.92 Å². The Balaban J connectivity index is 3.23. The number of rotatable bonds is 12. The zero-order valence-corrected chi connectivity index (χ0v) is 21.9. The van der Waals surface area contributed by atoms with E-state index in [1.54, 1.807) is 6.92 Å². The number of halogens is 9. The Morgan fingerprint density at radius 3 is 1.68 bits per heavy atom. The maximum atomic E-state index is 14.4. The van der Waals surface area contributed by atoms with Gasteiger partial charge in [0.2, 0.25) is 0 Å². The minimum absolute atomic E-state index is 0.201. The van der Waals surface area contributed by atoms with Crippen molar-refractivity contribution in [3.05, 3.63) is 0 Å². The van der Waals surface area contributed by atoms with Crippen molar-refractivity contribution in [2.45, 2.75) is 61.5 Å². The number of alkyl halides is 9. The van der Waals surface area contributed by atoms with Crippen molar-refractivity contribution >= 4 is 35.9 Å². The van der Waals surface area contributed by atoms with Crippen molar-refractivity contribution in [1.82, 2.24) is 8.43 Å². The van der Waals surface area contributed by atoms with Crippen LogP contribution in [0.5, 0.6) is 0 Å². The molecule has 2 N–H and O–H groups in total. The van der Waals surface area contributed by atoms with Gasteiger partial charge in [-0.1, -0.05) is 18.0 Å². The minimum Gasteiger partial charge on any atom is -0.395 e. The molecule has 1 unspecified atom stereocenters. The van der Waals surface area contributed by atoms with Crippen LogP contribution in [0.3, 0.4) is 0 Å². The van der Waals surface area contributed by atoms with Gasteiger partial charge in [0.05, 0.1) is 6.61 Å². The number of carbonyl (C=O) groups excluding carboxylic acids is 1. The Bertz CT molecular complexity index is 1210. The molecule has 38 heavy (non-hydrogen) atoms. The summed E-state index contributed by atoms with van der Waals surface area (Å²) < 4.78 is 190. The number of aliphatic hydroxyl groups is 1. The van der Waals surface area contributed by atoms with Gasteiger partial charge in [0.25, 0.3) is 20.0 Å². The van der Waals surface area contributed by atoms with Crippen LogP contribution in [0, 0.1) is 11.3 Å². The first-order chi connectivity index (χ1) is 16.7. The topological polar surface area (TPSA) is 155 Å². The molecule has 1 fully saturated rings. The molecule has 1 heterocycles. The number of nitrogens with one attached hydrogen (secondary N) is 1. The van der Waals surface area contributed by atoms with E-state index in [0.29, 0.717) is 0 Å². The summed E-state index contributed by atoms with van der Waals surface area (Å²) >= 11 is 0. The van der Waals surface area contributed by atoms with Crippen LogP contribution in [0.2, 0.25) is 0 Å². The summed E-state index contributed by atoms with van der Waals surface area (Å²) in [4.78, 5) is 12.4. The van der Waals surface area contributed by atoms with E-state index in [4.69, 9.17) is 0 Å². The quantitative estimate of drug-likeness (QED) is 0.308. The predicted octanol–water partition coefficient (Wildman–Crippen LogP) is 1.99. The molecule has 10 nitrogen and oxygen atoms in total. The van der Waals surface area contributed by atoms with E-state index < -0.39 is 110 Å². The molecule has 0 saturated carbocycles. The number of ketones is 1. The van der Waals surface area contributed by atoms with Crippen LogP contribution < -0.4 is 4.13 Å². The summed E-state index contributed by atoms with van der Waals surface area (Å²) in [5.41, 5.74) is -7.83. The zero-order chi connectivity index (χ0) is 30.4. The third-order valence-electron chi connectivity index (χ3n) is 6.11. The van der Waals surface area contributed by atoms with Gasteiger partial charge in [-0.3, -0.25) is 4.79 Å². The highest BCUT2D eigenvalue weighted by molar-refractivity contribution is 8.05. The lowest BCUT2D eigenvalue weighted by Crippen LogP contribution is -2.65. The van der Waals surface area contributed by atoms with E-state index in [1.807, 2.05) is 0 Å². The molecule has 1 saturated heterocycles. The van der Waals surface area contributed by atoms with E-state index in [9.17, 15) is 74.7 Å². The Kier molecular flexibility index (Phi) is 9.74. The van der Waals surface area contributed by atoms with Crippen molar-refractivity contribution in [2.24, 2.45) is 11.3 Å². The maximum absolute atomic E-state index is 14.4. The number of nitrogens with zero attached hydrogens (tertiary/aromatic N) is 1. The van der Waals surface area contributed by atoms with Crippen LogP contribution in [0.15, 0.2) is 0 Å². The van der Waals surface area contributed by atoms with E-state index in [-0.39, 0.29) is 12.8 Å². The average Bonchev–Trinajstić information content (AvgIpc) is 2.76. The number of carbonyl (C=O) groups is 1. The lowest BCUT2D eigenvalue weighted by Gasteiger charge is -2.37. The minimum atomic E-state index is -7.84. The second kappa shape index (κ2) is 10.6. The van der Waals surface area contributed by atoms with Gasteiger partial charge >= 0.3 is 32.0 Å². The Labute approximate surface area is 211 Å².